The molecule has 0 aliphatic rings. The van der Waals surface area contributed by atoms with Crippen molar-refractivity contribution in [3.8, 4) is 0 Å². The predicted molar refractivity (Wildman–Crippen MR) is 87.5 cm³/mol. The Hall–Kier alpha value is -1.23. The van der Waals surface area contributed by atoms with Crippen LogP contribution in [0.25, 0.3) is 0 Å². The average Bonchev–Trinajstić information content (AvgIpc) is 2.47. The molecule has 0 heterocycles. The first-order valence-corrected chi connectivity index (χ1v) is 8.35. The van der Waals surface area contributed by atoms with E-state index in [9.17, 15) is 4.21 Å². The van der Waals surface area contributed by atoms with Crippen molar-refractivity contribution in [1.29, 1.82) is 0 Å². The Bertz CT molecular complexity index is 497. The number of benzene rings is 1. The first-order valence-electron chi connectivity index (χ1n) is 7.13. The fraction of sp³-hybridized carbons (Fsp3) is 0.412. The number of ether oxygens (including phenoxy) is 2. The van der Waals surface area contributed by atoms with Crippen molar-refractivity contribution in [2.45, 2.75) is 38.9 Å². The normalized spacial score (nSPS) is 14.0. The molecule has 0 bridgehead atoms. The number of allylic oxidation sites excluding steroid dienone is 2. The summed E-state index contributed by atoms with van der Waals surface area (Å²) in [5.74, 6) is 0. The van der Waals surface area contributed by atoms with E-state index >= 15 is 0 Å². The maximum Gasteiger partial charge on any atom is 0.179 e. The van der Waals surface area contributed by atoms with Gasteiger partial charge in [-0.15, -0.1) is 0 Å². The van der Waals surface area contributed by atoms with Crippen molar-refractivity contribution < 1.29 is 13.7 Å². The van der Waals surface area contributed by atoms with E-state index in [1.807, 2.05) is 58.0 Å². The maximum absolute atomic E-state index is 12.1. The van der Waals surface area contributed by atoms with Gasteiger partial charge in [-0.3, -0.25) is 0 Å². The molecule has 0 unspecified atom stereocenters. The van der Waals surface area contributed by atoms with Crippen LogP contribution in [-0.4, -0.2) is 23.7 Å². The number of rotatable bonds is 8. The second kappa shape index (κ2) is 9.66. The van der Waals surface area contributed by atoms with E-state index in [0.29, 0.717) is 13.2 Å². The molecule has 0 saturated carbocycles. The average molecular weight is 308 g/mol. The van der Waals surface area contributed by atoms with Crippen LogP contribution in [0.2, 0.25) is 0 Å². The zero-order valence-electron chi connectivity index (χ0n) is 13.2. The minimum absolute atomic E-state index is 0.336. The standard InChI is InChI=1S/C17H24O3S/c1-5-19-17(20-6-2)15(4)8-7-13-21(18)16-11-9-14(3)10-12-16/h7-13,17H,5-6H2,1-4H3/b13-7+,15-8+/t21-/m1/s1. The molecule has 0 saturated heterocycles. The molecule has 0 fully saturated rings. The summed E-state index contributed by atoms with van der Waals surface area (Å²) in [6.45, 7) is 9.00. The van der Waals surface area contributed by atoms with Gasteiger partial charge in [-0.25, -0.2) is 4.21 Å². The van der Waals surface area contributed by atoms with Gasteiger partial charge < -0.3 is 9.47 Å². The zero-order chi connectivity index (χ0) is 15.7. The largest absolute Gasteiger partial charge is 0.349 e. The minimum Gasteiger partial charge on any atom is -0.349 e. The van der Waals surface area contributed by atoms with Crippen molar-refractivity contribution >= 4 is 10.8 Å². The summed E-state index contributed by atoms with van der Waals surface area (Å²) in [5, 5.41) is 1.67. The Labute approximate surface area is 130 Å². The van der Waals surface area contributed by atoms with Crippen molar-refractivity contribution in [3.63, 3.8) is 0 Å². The Balaban J connectivity index is 2.68. The van der Waals surface area contributed by atoms with Crippen LogP contribution in [-0.2, 0) is 20.3 Å². The molecule has 0 radical (unpaired) electrons. The van der Waals surface area contributed by atoms with Crippen LogP contribution in [0.4, 0.5) is 0 Å². The quantitative estimate of drug-likeness (QED) is 0.538. The Morgan fingerprint density at radius 3 is 2.29 bits per heavy atom. The van der Waals surface area contributed by atoms with E-state index in [0.717, 1.165) is 16.0 Å². The van der Waals surface area contributed by atoms with E-state index in [1.54, 1.807) is 11.5 Å². The van der Waals surface area contributed by atoms with Crippen LogP contribution in [0.15, 0.2) is 52.3 Å². The summed E-state index contributed by atoms with van der Waals surface area (Å²) in [6, 6.07) is 7.69. The molecule has 116 valence electrons. The molecule has 0 aromatic heterocycles. The molecule has 4 heteroatoms. The Morgan fingerprint density at radius 1 is 1.19 bits per heavy atom. The van der Waals surface area contributed by atoms with Gasteiger partial charge in [-0.1, -0.05) is 29.8 Å². The van der Waals surface area contributed by atoms with Gasteiger partial charge in [0.15, 0.2) is 6.29 Å². The number of aryl methyl sites for hydroxylation is 1. The predicted octanol–water partition coefficient (Wildman–Crippen LogP) is 3.96. The van der Waals surface area contributed by atoms with E-state index in [2.05, 4.69) is 0 Å². The highest BCUT2D eigenvalue weighted by molar-refractivity contribution is 7.88. The second-order valence-electron chi connectivity index (χ2n) is 4.59. The lowest BCUT2D eigenvalue weighted by Crippen LogP contribution is -2.18. The molecule has 0 N–H and O–H groups in total. The first kappa shape index (κ1) is 17.8. The van der Waals surface area contributed by atoms with Gasteiger partial charge in [0.2, 0.25) is 0 Å². The van der Waals surface area contributed by atoms with E-state index < -0.39 is 10.8 Å². The molecule has 0 amide bonds. The minimum atomic E-state index is -1.14. The molecule has 0 aliphatic carbocycles. The molecule has 1 atom stereocenters. The SMILES string of the molecule is CCOC(OCC)/C(C)=C/C=C/[S@@](=O)c1ccc(C)cc1. The molecule has 0 spiro atoms. The second-order valence-corrected chi connectivity index (χ2v) is 5.93. The van der Waals surface area contributed by atoms with Crippen LogP contribution >= 0.6 is 0 Å². The van der Waals surface area contributed by atoms with Gasteiger partial charge >= 0.3 is 0 Å². The van der Waals surface area contributed by atoms with Gasteiger partial charge in [0, 0.05) is 23.5 Å². The summed E-state index contributed by atoms with van der Waals surface area (Å²) in [7, 11) is -1.14. The Morgan fingerprint density at radius 2 is 1.76 bits per heavy atom. The lowest BCUT2D eigenvalue weighted by molar-refractivity contribution is -0.111. The third kappa shape index (κ3) is 6.38. The van der Waals surface area contributed by atoms with Gasteiger partial charge in [-0.05, 0) is 45.4 Å². The smallest absolute Gasteiger partial charge is 0.179 e. The molecular formula is C17H24O3S. The van der Waals surface area contributed by atoms with Crippen LogP contribution in [0.5, 0.6) is 0 Å². The molecule has 1 rings (SSSR count). The van der Waals surface area contributed by atoms with E-state index in [1.165, 1.54) is 0 Å². The third-order valence-electron chi connectivity index (χ3n) is 2.82. The third-order valence-corrected chi connectivity index (χ3v) is 3.96. The lowest BCUT2D eigenvalue weighted by atomic mass is 10.2. The van der Waals surface area contributed by atoms with Crippen LogP contribution in [0.1, 0.15) is 26.3 Å². The Kier molecular flexibility index (Phi) is 8.20. The summed E-state index contributed by atoms with van der Waals surface area (Å²) >= 11 is 0. The topological polar surface area (TPSA) is 35.5 Å². The number of hydrogen-bond acceptors (Lipinski definition) is 3. The van der Waals surface area contributed by atoms with Crippen LogP contribution < -0.4 is 0 Å². The van der Waals surface area contributed by atoms with Crippen LogP contribution in [0, 0.1) is 6.92 Å². The molecule has 1 aromatic rings. The van der Waals surface area contributed by atoms with E-state index in [-0.39, 0.29) is 6.29 Å². The van der Waals surface area contributed by atoms with Gasteiger partial charge in [0.1, 0.15) is 0 Å². The van der Waals surface area contributed by atoms with Crippen molar-refractivity contribution in [2.75, 3.05) is 13.2 Å². The fourth-order valence-corrected chi connectivity index (χ4v) is 2.49. The monoisotopic (exact) mass is 308 g/mol. The van der Waals surface area contributed by atoms with E-state index in [4.69, 9.17) is 9.47 Å². The maximum atomic E-state index is 12.1. The van der Waals surface area contributed by atoms with Crippen molar-refractivity contribution in [2.24, 2.45) is 0 Å². The van der Waals surface area contributed by atoms with Gasteiger partial charge in [-0.2, -0.15) is 0 Å². The van der Waals surface area contributed by atoms with Crippen LogP contribution in [0.3, 0.4) is 0 Å². The summed E-state index contributed by atoms with van der Waals surface area (Å²) in [5.41, 5.74) is 2.11. The summed E-state index contributed by atoms with van der Waals surface area (Å²) in [4.78, 5) is 0.800. The van der Waals surface area contributed by atoms with Crippen molar-refractivity contribution in [3.05, 3.63) is 53.0 Å². The highest BCUT2D eigenvalue weighted by Crippen LogP contribution is 2.11. The molecule has 0 aliphatic heterocycles. The van der Waals surface area contributed by atoms with Gasteiger partial charge in [0.05, 0.1) is 10.8 Å². The number of hydrogen-bond donors (Lipinski definition) is 0. The van der Waals surface area contributed by atoms with Gasteiger partial charge in [0.25, 0.3) is 0 Å². The first-order chi connectivity index (χ1) is 10.1. The zero-order valence-corrected chi connectivity index (χ0v) is 14.0. The molecular weight excluding hydrogens is 284 g/mol. The highest BCUT2D eigenvalue weighted by atomic mass is 32.2. The summed E-state index contributed by atoms with van der Waals surface area (Å²) < 4.78 is 23.1. The molecule has 21 heavy (non-hydrogen) atoms. The highest BCUT2D eigenvalue weighted by Gasteiger charge is 2.08. The summed E-state index contributed by atoms with van der Waals surface area (Å²) in [6.07, 6.45) is 3.33. The molecule has 1 aromatic carbocycles. The fourth-order valence-electron chi connectivity index (χ4n) is 1.71. The molecule has 3 nitrogen and oxygen atoms in total. The lowest BCUT2D eigenvalue weighted by Gasteiger charge is -2.17. The van der Waals surface area contributed by atoms with Crippen molar-refractivity contribution in [1.82, 2.24) is 0 Å².